The van der Waals surface area contributed by atoms with Crippen LogP contribution < -0.4 is 10.6 Å². The minimum atomic E-state index is 0.139. The second kappa shape index (κ2) is 4.73. The van der Waals surface area contributed by atoms with Gasteiger partial charge in [-0.05, 0) is 48.9 Å². The zero-order valence-electron chi connectivity index (χ0n) is 10.8. The van der Waals surface area contributed by atoms with Crippen LogP contribution in [0.2, 0.25) is 0 Å². The molecule has 2 atom stereocenters. The molecule has 2 aliphatic heterocycles. The van der Waals surface area contributed by atoms with E-state index in [1.54, 1.807) is 0 Å². The average Bonchev–Trinajstić information content (AvgIpc) is 2.39. The third-order valence-corrected chi connectivity index (χ3v) is 4.09. The minimum absolute atomic E-state index is 0.139. The van der Waals surface area contributed by atoms with Crippen molar-refractivity contribution in [1.29, 1.82) is 0 Å². The fourth-order valence-corrected chi connectivity index (χ4v) is 2.90. The van der Waals surface area contributed by atoms with E-state index in [-0.39, 0.29) is 5.91 Å². The highest BCUT2D eigenvalue weighted by atomic mass is 16.1. The van der Waals surface area contributed by atoms with Gasteiger partial charge in [-0.15, -0.1) is 0 Å². The third-order valence-electron chi connectivity index (χ3n) is 4.09. The number of anilines is 1. The lowest BCUT2D eigenvalue weighted by molar-refractivity contribution is -0.116. The number of carbonyl (C=O) groups is 1. The molecule has 0 saturated carbocycles. The summed E-state index contributed by atoms with van der Waals surface area (Å²) in [6, 6.07) is 6.96. The Morgan fingerprint density at radius 1 is 1.22 bits per heavy atom. The maximum atomic E-state index is 11.3. The topological polar surface area (TPSA) is 41.1 Å². The van der Waals surface area contributed by atoms with Gasteiger partial charge < -0.3 is 10.6 Å². The van der Waals surface area contributed by atoms with Crippen LogP contribution in [0.25, 0.3) is 0 Å². The zero-order chi connectivity index (χ0) is 12.5. The SMILES string of the molecule is C[C@H]1CC[C@H](c2ccc3c(c2)CCC(=O)N3)NC1. The first kappa shape index (κ1) is 11.7. The van der Waals surface area contributed by atoms with E-state index in [4.69, 9.17) is 0 Å². The van der Waals surface area contributed by atoms with Crippen LogP contribution in [0.1, 0.15) is 43.4 Å². The molecule has 3 nitrogen and oxygen atoms in total. The van der Waals surface area contributed by atoms with Gasteiger partial charge in [0.1, 0.15) is 0 Å². The van der Waals surface area contributed by atoms with E-state index in [2.05, 4.69) is 35.8 Å². The van der Waals surface area contributed by atoms with Crippen LogP contribution in [0.5, 0.6) is 0 Å². The van der Waals surface area contributed by atoms with E-state index in [1.165, 1.54) is 24.0 Å². The highest BCUT2D eigenvalue weighted by Crippen LogP contribution is 2.30. The van der Waals surface area contributed by atoms with Crippen LogP contribution in [0.3, 0.4) is 0 Å². The molecular weight excluding hydrogens is 224 g/mol. The van der Waals surface area contributed by atoms with Crippen LogP contribution in [0.15, 0.2) is 18.2 Å². The summed E-state index contributed by atoms with van der Waals surface area (Å²) < 4.78 is 0. The Morgan fingerprint density at radius 3 is 2.89 bits per heavy atom. The van der Waals surface area contributed by atoms with Crippen molar-refractivity contribution < 1.29 is 4.79 Å². The Labute approximate surface area is 108 Å². The van der Waals surface area contributed by atoms with Crippen molar-refractivity contribution in [2.45, 2.75) is 38.6 Å². The van der Waals surface area contributed by atoms with Crippen LogP contribution in [0.4, 0.5) is 5.69 Å². The van der Waals surface area contributed by atoms with Gasteiger partial charge in [-0.2, -0.15) is 0 Å². The summed E-state index contributed by atoms with van der Waals surface area (Å²) in [7, 11) is 0. The Balaban J connectivity index is 1.80. The largest absolute Gasteiger partial charge is 0.326 e. The quantitative estimate of drug-likeness (QED) is 0.797. The van der Waals surface area contributed by atoms with Gasteiger partial charge in [-0.3, -0.25) is 4.79 Å². The number of aryl methyl sites for hydroxylation is 1. The summed E-state index contributed by atoms with van der Waals surface area (Å²) in [4.78, 5) is 11.3. The highest BCUT2D eigenvalue weighted by molar-refractivity contribution is 5.93. The molecule has 2 heterocycles. The standard InChI is InChI=1S/C15H20N2O/c1-10-2-5-13(16-9-10)11-3-6-14-12(8-11)4-7-15(18)17-14/h3,6,8,10,13,16H,2,4-5,7,9H2,1H3,(H,17,18)/t10-,13+/m0/s1. The van der Waals surface area contributed by atoms with Crippen molar-refractivity contribution >= 4 is 11.6 Å². The van der Waals surface area contributed by atoms with E-state index < -0.39 is 0 Å². The predicted molar refractivity (Wildman–Crippen MR) is 72.5 cm³/mol. The molecule has 0 spiro atoms. The molecule has 1 aromatic carbocycles. The summed E-state index contributed by atoms with van der Waals surface area (Å²) in [5.41, 5.74) is 3.66. The van der Waals surface area contributed by atoms with Crippen molar-refractivity contribution in [3.8, 4) is 0 Å². The van der Waals surface area contributed by atoms with E-state index in [9.17, 15) is 4.79 Å². The van der Waals surface area contributed by atoms with E-state index in [1.807, 2.05) is 0 Å². The molecule has 3 heteroatoms. The Hall–Kier alpha value is -1.35. The van der Waals surface area contributed by atoms with E-state index in [0.29, 0.717) is 12.5 Å². The van der Waals surface area contributed by atoms with Gasteiger partial charge in [0, 0.05) is 18.2 Å². The highest BCUT2D eigenvalue weighted by Gasteiger charge is 2.21. The summed E-state index contributed by atoms with van der Waals surface area (Å²) in [6.07, 6.45) is 4.00. The van der Waals surface area contributed by atoms with Crippen molar-refractivity contribution in [3.05, 3.63) is 29.3 Å². The number of hydrogen-bond donors (Lipinski definition) is 2. The van der Waals surface area contributed by atoms with Gasteiger partial charge in [-0.1, -0.05) is 19.1 Å². The monoisotopic (exact) mass is 244 g/mol. The summed E-state index contributed by atoms with van der Waals surface area (Å²) in [5.74, 6) is 0.929. The molecule has 96 valence electrons. The summed E-state index contributed by atoms with van der Waals surface area (Å²) in [5, 5.41) is 6.55. The van der Waals surface area contributed by atoms with Gasteiger partial charge in [-0.25, -0.2) is 0 Å². The second-order valence-corrected chi connectivity index (χ2v) is 5.61. The normalized spacial score (nSPS) is 27.5. The van der Waals surface area contributed by atoms with Gasteiger partial charge in [0.25, 0.3) is 0 Å². The molecule has 18 heavy (non-hydrogen) atoms. The molecule has 0 aliphatic carbocycles. The lowest BCUT2D eigenvalue weighted by atomic mass is 9.90. The zero-order valence-corrected chi connectivity index (χ0v) is 10.8. The van der Waals surface area contributed by atoms with Crippen LogP contribution in [-0.4, -0.2) is 12.5 Å². The number of amides is 1. The Bertz CT molecular complexity index is 462. The number of nitrogens with one attached hydrogen (secondary N) is 2. The minimum Gasteiger partial charge on any atom is -0.326 e. The number of hydrogen-bond acceptors (Lipinski definition) is 2. The van der Waals surface area contributed by atoms with E-state index in [0.717, 1.165) is 24.6 Å². The van der Waals surface area contributed by atoms with Gasteiger partial charge in [0.15, 0.2) is 0 Å². The van der Waals surface area contributed by atoms with Crippen LogP contribution in [0, 0.1) is 5.92 Å². The Kier molecular flexibility index (Phi) is 3.08. The molecule has 0 unspecified atom stereocenters. The fourth-order valence-electron chi connectivity index (χ4n) is 2.90. The van der Waals surface area contributed by atoms with E-state index >= 15 is 0 Å². The average molecular weight is 244 g/mol. The molecule has 0 aromatic heterocycles. The third kappa shape index (κ3) is 2.27. The van der Waals surface area contributed by atoms with Gasteiger partial charge in [0.2, 0.25) is 5.91 Å². The molecule has 0 bridgehead atoms. The number of fused-ring (bicyclic) bond motifs is 1. The second-order valence-electron chi connectivity index (χ2n) is 5.61. The summed E-state index contributed by atoms with van der Waals surface area (Å²) in [6.45, 7) is 3.41. The molecular formula is C15H20N2O. The van der Waals surface area contributed by atoms with Crippen LogP contribution in [-0.2, 0) is 11.2 Å². The van der Waals surface area contributed by atoms with Crippen LogP contribution >= 0.6 is 0 Å². The van der Waals surface area contributed by atoms with Crippen molar-refractivity contribution in [2.24, 2.45) is 5.92 Å². The maximum Gasteiger partial charge on any atom is 0.224 e. The molecule has 3 rings (SSSR count). The van der Waals surface area contributed by atoms with Gasteiger partial charge >= 0.3 is 0 Å². The Morgan fingerprint density at radius 2 is 2.11 bits per heavy atom. The molecule has 1 saturated heterocycles. The molecule has 1 aromatic rings. The van der Waals surface area contributed by atoms with Crippen molar-refractivity contribution in [1.82, 2.24) is 5.32 Å². The van der Waals surface area contributed by atoms with Crippen molar-refractivity contribution in [3.63, 3.8) is 0 Å². The molecule has 1 amide bonds. The molecule has 2 aliphatic rings. The van der Waals surface area contributed by atoms with Crippen molar-refractivity contribution in [2.75, 3.05) is 11.9 Å². The summed E-state index contributed by atoms with van der Waals surface area (Å²) >= 11 is 0. The first-order valence-electron chi connectivity index (χ1n) is 6.88. The predicted octanol–water partition coefficient (Wildman–Crippen LogP) is 2.63. The molecule has 1 fully saturated rings. The lowest BCUT2D eigenvalue weighted by Gasteiger charge is -2.29. The number of piperidine rings is 1. The first-order chi connectivity index (χ1) is 8.72. The molecule has 2 N–H and O–H groups in total. The first-order valence-corrected chi connectivity index (χ1v) is 6.88. The maximum absolute atomic E-state index is 11.3. The number of benzene rings is 1. The molecule has 0 radical (unpaired) electrons. The fraction of sp³-hybridized carbons (Fsp3) is 0.533. The number of rotatable bonds is 1. The smallest absolute Gasteiger partial charge is 0.224 e. The van der Waals surface area contributed by atoms with Gasteiger partial charge in [0.05, 0.1) is 0 Å². The lowest BCUT2D eigenvalue weighted by Crippen LogP contribution is -2.32. The number of carbonyl (C=O) groups excluding carboxylic acids is 1.